The maximum absolute atomic E-state index is 12.6. The van der Waals surface area contributed by atoms with Gasteiger partial charge in [0.05, 0.1) is 17.6 Å². The second-order valence-electron chi connectivity index (χ2n) is 6.27. The normalized spacial score (nSPS) is 11.0. The molecule has 5 nitrogen and oxygen atoms in total. The van der Waals surface area contributed by atoms with Crippen molar-refractivity contribution in [2.75, 3.05) is 0 Å². The fraction of sp³-hybridized carbons (Fsp3) is 0.143. The van der Waals surface area contributed by atoms with E-state index in [-0.39, 0.29) is 5.91 Å². The fourth-order valence-electron chi connectivity index (χ4n) is 3.14. The largest absolute Gasteiger partial charge is 0.344 e. The SMILES string of the molecule is Cn1c(CNC(=O)c2cccn2Cc2ccccc2)nc2ccccc21. The Hall–Kier alpha value is -3.34. The van der Waals surface area contributed by atoms with E-state index in [1.807, 2.05) is 77.0 Å². The van der Waals surface area contributed by atoms with Gasteiger partial charge in [0, 0.05) is 19.8 Å². The number of aromatic nitrogens is 3. The van der Waals surface area contributed by atoms with Gasteiger partial charge in [-0.3, -0.25) is 4.79 Å². The van der Waals surface area contributed by atoms with Crippen LogP contribution in [0.5, 0.6) is 0 Å². The van der Waals surface area contributed by atoms with Gasteiger partial charge in [-0.2, -0.15) is 0 Å². The number of aryl methyl sites for hydroxylation is 1. The smallest absolute Gasteiger partial charge is 0.268 e. The van der Waals surface area contributed by atoms with Crippen LogP contribution in [-0.4, -0.2) is 20.0 Å². The molecular weight excluding hydrogens is 324 g/mol. The number of carbonyl (C=O) groups excluding carboxylic acids is 1. The van der Waals surface area contributed by atoms with Crippen molar-refractivity contribution in [1.29, 1.82) is 0 Å². The third-order valence-electron chi connectivity index (χ3n) is 4.54. The predicted molar refractivity (Wildman–Crippen MR) is 102 cm³/mol. The molecule has 0 fully saturated rings. The molecule has 0 bridgehead atoms. The van der Waals surface area contributed by atoms with Crippen molar-refractivity contribution in [2.45, 2.75) is 13.1 Å². The number of carbonyl (C=O) groups is 1. The van der Waals surface area contributed by atoms with Crippen molar-refractivity contribution >= 4 is 16.9 Å². The summed E-state index contributed by atoms with van der Waals surface area (Å²) >= 11 is 0. The second kappa shape index (κ2) is 6.88. The van der Waals surface area contributed by atoms with Gasteiger partial charge >= 0.3 is 0 Å². The number of benzene rings is 2. The van der Waals surface area contributed by atoms with Gasteiger partial charge in [0.25, 0.3) is 5.91 Å². The quantitative estimate of drug-likeness (QED) is 0.604. The highest BCUT2D eigenvalue weighted by molar-refractivity contribution is 5.92. The van der Waals surface area contributed by atoms with Gasteiger partial charge in [-0.05, 0) is 29.8 Å². The summed E-state index contributed by atoms with van der Waals surface area (Å²) in [6.45, 7) is 1.06. The number of imidazole rings is 1. The lowest BCUT2D eigenvalue weighted by Crippen LogP contribution is -2.26. The molecule has 0 aliphatic heterocycles. The Balaban J connectivity index is 1.49. The highest BCUT2D eigenvalue weighted by Crippen LogP contribution is 2.14. The molecule has 0 radical (unpaired) electrons. The molecule has 2 heterocycles. The Kier molecular flexibility index (Phi) is 4.27. The molecule has 4 rings (SSSR count). The molecule has 0 saturated heterocycles. The summed E-state index contributed by atoms with van der Waals surface area (Å²) in [5.74, 6) is 0.735. The van der Waals surface area contributed by atoms with E-state index in [4.69, 9.17) is 0 Å². The van der Waals surface area contributed by atoms with Crippen molar-refractivity contribution in [3.63, 3.8) is 0 Å². The monoisotopic (exact) mass is 344 g/mol. The topological polar surface area (TPSA) is 51.9 Å². The number of nitrogens with one attached hydrogen (secondary N) is 1. The van der Waals surface area contributed by atoms with Crippen LogP contribution in [-0.2, 0) is 20.1 Å². The number of fused-ring (bicyclic) bond motifs is 1. The predicted octanol–water partition coefficient (Wildman–Crippen LogP) is 3.35. The Bertz CT molecular complexity index is 1050. The number of para-hydroxylation sites is 2. The van der Waals surface area contributed by atoms with E-state index < -0.39 is 0 Å². The third kappa shape index (κ3) is 3.11. The first-order valence-electron chi connectivity index (χ1n) is 8.60. The van der Waals surface area contributed by atoms with Crippen molar-refractivity contribution in [3.05, 3.63) is 90.0 Å². The molecule has 130 valence electrons. The summed E-state index contributed by atoms with van der Waals surface area (Å²) in [7, 11) is 1.97. The second-order valence-corrected chi connectivity index (χ2v) is 6.27. The molecule has 5 heteroatoms. The van der Waals surface area contributed by atoms with Crippen LogP contribution in [0, 0.1) is 0 Å². The molecule has 0 saturated carbocycles. The van der Waals surface area contributed by atoms with Crippen LogP contribution in [0.15, 0.2) is 72.9 Å². The molecular formula is C21H20N4O. The van der Waals surface area contributed by atoms with Crippen molar-refractivity contribution in [3.8, 4) is 0 Å². The summed E-state index contributed by atoms with van der Waals surface area (Å²) < 4.78 is 3.97. The van der Waals surface area contributed by atoms with Crippen LogP contribution in [0.4, 0.5) is 0 Å². The zero-order valence-electron chi connectivity index (χ0n) is 14.6. The van der Waals surface area contributed by atoms with Crippen LogP contribution < -0.4 is 5.32 Å². The lowest BCUT2D eigenvalue weighted by Gasteiger charge is -2.10. The highest BCUT2D eigenvalue weighted by atomic mass is 16.1. The van der Waals surface area contributed by atoms with Gasteiger partial charge in [0.2, 0.25) is 0 Å². The molecule has 26 heavy (non-hydrogen) atoms. The molecule has 0 spiro atoms. The van der Waals surface area contributed by atoms with E-state index in [0.29, 0.717) is 18.8 Å². The standard InChI is InChI=1S/C21H20N4O/c1-24-18-11-6-5-10-17(18)23-20(24)14-22-21(26)19-12-7-13-25(19)15-16-8-3-2-4-9-16/h2-13H,14-15H2,1H3,(H,22,26). The Morgan fingerprint density at radius 1 is 1.00 bits per heavy atom. The van der Waals surface area contributed by atoms with E-state index in [1.165, 1.54) is 0 Å². The summed E-state index contributed by atoms with van der Waals surface area (Å²) in [6, 6.07) is 21.8. The van der Waals surface area contributed by atoms with Gasteiger partial charge in [0.15, 0.2) is 0 Å². The molecule has 1 amide bonds. The first-order valence-corrected chi connectivity index (χ1v) is 8.60. The maximum atomic E-state index is 12.6. The van der Waals surface area contributed by atoms with Gasteiger partial charge in [-0.25, -0.2) is 4.98 Å². The summed E-state index contributed by atoms with van der Waals surface area (Å²) in [4.78, 5) is 17.2. The van der Waals surface area contributed by atoms with Crippen molar-refractivity contribution in [1.82, 2.24) is 19.4 Å². The summed E-state index contributed by atoms with van der Waals surface area (Å²) in [5.41, 5.74) is 3.80. The summed E-state index contributed by atoms with van der Waals surface area (Å²) in [5, 5.41) is 2.99. The number of hydrogen-bond donors (Lipinski definition) is 1. The molecule has 1 N–H and O–H groups in total. The van der Waals surface area contributed by atoms with Gasteiger partial charge < -0.3 is 14.5 Å². The Morgan fingerprint density at radius 3 is 2.58 bits per heavy atom. The minimum Gasteiger partial charge on any atom is -0.344 e. The summed E-state index contributed by atoms with van der Waals surface area (Å²) in [6.07, 6.45) is 1.93. The average molecular weight is 344 g/mol. The average Bonchev–Trinajstić information content (AvgIpc) is 3.26. The molecule has 0 aliphatic rings. The number of rotatable bonds is 5. The molecule has 2 aromatic carbocycles. The van der Waals surface area contributed by atoms with E-state index in [0.717, 1.165) is 22.4 Å². The number of amides is 1. The van der Waals surface area contributed by atoms with Crippen molar-refractivity contribution < 1.29 is 4.79 Å². The zero-order chi connectivity index (χ0) is 17.9. The van der Waals surface area contributed by atoms with Crippen LogP contribution in [0.3, 0.4) is 0 Å². The van der Waals surface area contributed by atoms with Gasteiger partial charge in [0.1, 0.15) is 11.5 Å². The van der Waals surface area contributed by atoms with Crippen LogP contribution in [0.25, 0.3) is 11.0 Å². The van der Waals surface area contributed by atoms with Gasteiger partial charge in [-0.1, -0.05) is 42.5 Å². The molecule has 0 atom stereocenters. The molecule has 0 aliphatic carbocycles. The highest BCUT2D eigenvalue weighted by Gasteiger charge is 2.13. The van der Waals surface area contributed by atoms with Crippen molar-refractivity contribution in [2.24, 2.45) is 7.05 Å². The lowest BCUT2D eigenvalue weighted by molar-refractivity contribution is 0.0941. The zero-order valence-corrected chi connectivity index (χ0v) is 14.6. The van der Waals surface area contributed by atoms with E-state index in [1.54, 1.807) is 0 Å². The lowest BCUT2D eigenvalue weighted by atomic mass is 10.2. The Labute approximate surface area is 151 Å². The van der Waals surface area contributed by atoms with E-state index in [9.17, 15) is 4.79 Å². The van der Waals surface area contributed by atoms with Crippen LogP contribution in [0.1, 0.15) is 21.9 Å². The van der Waals surface area contributed by atoms with Gasteiger partial charge in [-0.15, -0.1) is 0 Å². The first kappa shape index (κ1) is 16.1. The van der Waals surface area contributed by atoms with Crippen LogP contribution in [0.2, 0.25) is 0 Å². The minimum absolute atomic E-state index is 0.0991. The molecule has 2 aromatic heterocycles. The number of nitrogens with zero attached hydrogens (tertiary/aromatic N) is 3. The molecule has 0 unspecified atom stereocenters. The number of hydrogen-bond acceptors (Lipinski definition) is 2. The third-order valence-corrected chi connectivity index (χ3v) is 4.54. The minimum atomic E-state index is -0.0991. The molecule has 4 aromatic rings. The Morgan fingerprint density at radius 2 is 1.77 bits per heavy atom. The fourth-order valence-corrected chi connectivity index (χ4v) is 3.14. The van der Waals surface area contributed by atoms with E-state index >= 15 is 0 Å². The first-order chi connectivity index (χ1) is 12.7. The maximum Gasteiger partial charge on any atom is 0.268 e. The van der Waals surface area contributed by atoms with Crippen LogP contribution >= 0.6 is 0 Å². The van der Waals surface area contributed by atoms with E-state index in [2.05, 4.69) is 22.4 Å².